The standard InChI is InChI=1S/C15H27N3O/c19-15(17-10-7-16-8-11-17)14-6-3-9-18(14)12-13-4-1-2-5-13/h13-14,16H,1-12H2. The summed E-state index contributed by atoms with van der Waals surface area (Å²) in [5, 5.41) is 3.32. The van der Waals surface area contributed by atoms with E-state index in [1.807, 2.05) is 0 Å². The minimum Gasteiger partial charge on any atom is -0.339 e. The van der Waals surface area contributed by atoms with Crippen LogP contribution in [0.15, 0.2) is 0 Å². The van der Waals surface area contributed by atoms with Crippen LogP contribution in [0.25, 0.3) is 0 Å². The van der Waals surface area contributed by atoms with E-state index in [4.69, 9.17) is 0 Å². The first-order chi connectivity index (χ1) is 9.34. The fraction of sp³-hybridized carbons (Fsp3) is 0.933. The highest BCUT2D eigenvalue weighted by atomic mass is 16.2. The SMILES string of the molecule is O=C(C1CCCN1CC1CCCC1)N1CCNCC1. The Hall–Kier alpha value is -0.610. The Morgan fingerprint density at radius 3 is 2.47 bits per heavy atom. The van der Waals surface area contributed by atoms with E-state index in [-0.39, 0.29) is 6.04 Å². The Morgan fingerprint density at radius 1 is 1.00 bits per heavy atom. The molecule has 1 amide bonds. The fourth-order valence-electron chi connectivity index (χ4n) is 3.94. The first kappa shape index (κ1) is 13.4. The number of likely N-dealkylation sites (tertiary alicyclic amines) is 1. The van der Waals surface area contributed by atoms with Crippen molar-refractivity contribution in [3.63, 3.8) is 0 Å². The Bertz CT molecular complexity index is 309. The Kier molecular flexibility index (Phi) is 4.38. The predicted octanol–water partition coefficient (Wildman–Crippen LogP) is 1.07. The second kappa shape index (κ2) is 6.23. The molecule has 1 N–H and O–H groups in total. The van der Waals surface area contributed by atoms with Crippen LogP contribution in [0.1, 0.15) is 38.5 Å². The second-order valence-electron chi connectivity index (χ2n) is 6.38. The van der Waals surface area contributed by atoms with Crippen LogP contribution in [0, 0.1) is 5.92 Å². The van der Waals surface area contributed by atoms with E-state index in [1.54, 1.807) is 0 Å². The quantitative estimate of drug-likeness (QED) is 0.829. The third-order valence-electron chi connectivity index (χ3n) is 5.04. The molecule has 2 heterocycles. The van der Waals surface area contributed by atoms with Gasteiger partial charge in [0.15, 0.2) is 0 Å². The summed E-state index contributed by atoms with van der Waals surface area (Å²) in [7, 11) is 0. The molecule has 19 heavy (non-hydrogen) atoms. The average molecular weight is 265 g/mol. The predicted molar refractivity (Wildman–Crippen MR) is 76.0 cm³/mol. The number of rotatable bonds is 3. The maximum atomic E-state index is 12.6. The number of carbonyl (C=O) groups is 1. The molecular formula is C15H27N3O. The van der Waals surface area contributed by atoms with Crippen molar-refractivity contribution in [1.29, 1.82) is 0 Å². The molecule has 1 atom stereocenters. The van der Waals surface area contributed by atoms with Gasteiger partial charge < -0.3 is 10.2 Å². The lowest BCUT2D eigenvalue weighted by Crippen LogP contribution is -2.52. The van der Waals surface area contributed by atoms with Crippen LogP contribution in [-0.2, 0) is 4.79 Å². The van der Waals surface area contributed by atoms with Crippen LogP contribution in [0.3, 0.4) is 0 Å². The van der Waals surface area contributed by atoms with Crippen LogP contribution in [0.4, 0.5) is 0 Å². The maximum absolute atomic E-state index is 12.6. The molecule has 1 aliphatic carbocycles. The molecule has 3 aliphatic rings. The van der Waals surface area contributed by atoms with Gasteiger partial charge in [-0.1, -0.05) is 12.8 Å². The smallest absolute Gasteiger partial charge is 0.240 e. The van der Waals surface area contributed by atoms with E-state index in [1.165, 1.54) is 38.6 Å². The number of nitrogens with zero attached hydrogens (tertiary/aromatic N) is 2. The molecule has 1 unspecified atom stereocenters. The lowest BCUT2D eigenvalue weighted by Gasteiger charge is -2.33. The molecule has 2 saturated heterocycles. The van der Waals surface area contributed by atoms with E-state index in [0.29, 0.717) is 5.91 Å². The van der Waals surface area contributed by atoms with Crippen molar-refractivity contribution in [2.45, 2.75) is 44.6 Å². The molecule has 0 radical (unpaired) electrons. The van der Waals surface area contributed by atoms with E-state index in [9.17, 15) is 4.79 Å². The van der Waals surface area contributed by atoms with Crippen molar-refractivity contribution < 1.29 is 4.79 Å². The van der Waals surface area contributed by atoms with E-state index >= 15 is 0 Å². The first-order valence-electron chi connectivity index (χ1n) is 8.08. The Morgan fingerprint density at radius 2 is 1.74 bits per heavy atom. The molecule has 0 aromatic carbocycles. The summed E-state index contributed by atoms with van der Waals surface area (Å²) in [5.74, 6) is 1.26. The number of piperazine rings is 1. The van der Waals surface area contributed by atoms with E-state index < -0.39 is 0 Å². The lowest BCUT2D eigenvalue weighted by atomic mass is 10.1. The van der Waals surface area contributed by atoms with Gasteiger partial charge in [-0.3, -0.25) is 9.69 Å². The zero-order valence-corrected chi connectivity index (χ0v) is 11.9. The summed E-state index contributed by atoms with van der Waals surface area (Å²) in [6.45, 7) is 6.02. The summed E-state index contributed by atoms with van der Waals surface area (Å²) < 4.78 is 0. The molecule has 0 spiro atoms. The lowest BCUT2D eigenvalue weighted by molar-refractivity contribution is -0.136. The molecule has 0 bridgehead atoms. The Balaban J connectivity index is 1.56. The molecule has 4 nitrogen and oxygen atoms in total. The molecule has 1 saturated carbocycles. The zero-order chi connectivity index (χ0) is 13.1. The highest BCUT2D eigenvalue weighted by molar-refractivity contribution is 5.82. The van der Waals surface area contributed by atoms with Crippen molar-refractivity contribution in [1.82, 2.24) is 15.1 Å². The highest BCUT2D eigenvalue weighted by Gasteiger charge is 2.35. The summed E-state index contributed by atoms with van der Waals surface area (Å²) in [5.41, 5.74) is 0. The van der Waals surface area contributed by atoms with Crippen molar-refractivity contribution in [3.05, 3.63) is 0 Å². The monoisotopic (exact) mass is 265 g/mol. The summed E-state index contributed by atoms with van der Waals surface area (Å²) >= 11 is 0. The van der Waals surface area contributed by atoms with Crippen molar-refractivity contribution >= 4 is 5.91 Å². The maximum Gasteiger partial charge on any atom is 0.240 e. The molecule has 0 aromatic rings. The second-order valence-corrected chi connectivity index (χ2v) is 6.38. The van der Waals surface area contributed by atoms with E-state index in [2.05, 4.69) is 15.1 Å². The van der Waals surface area contributed by atoms with Crippen LogP contribution >= 0.6 is 0 Å². The summed E-state index contributed by atoms with van der Waals surface area (Å²) in [6, 6.07) is 0.193. The molecule has 3 rings (SSSR count). The van der Waals surface area contributed by atoms with Crippen LogP contribution in [-0.4, -0.2) is 61.0 Å². The molecule has 0 aromatic heterocycles. The topological polar surface area (TPSA) is 35.6 Å². The van der Waals surface area contributed by atoms with Gasteiger partial charge in [-0.25, -0.2) is 0 Å². The van der Waals surface area contributed by atoms with Gasteiger partial charge in [0, 0.05) is 32.7 Å². The Labute approximate surface area is 116 Å². The first-order valence-corrected chi connectivity index (χ1v) is 8.08. The molecule has 4 heteroatoms. The van der Waals surface area contributed by atoms with Gasteiger partial charge in [-0.2, -0.15) is 0 Å². The van der Waals surface area contributed by atoms with Crippen molar-refractivity contribution in [2.75, 3.05) is 39.3 Å². The number of carbonyl (C=O) groups excluding carboxylic acids is 1. The van der Waals surface area contributed by atoms with Gasteiger partial charge in [-0.05, 0) is 38.1 Å². The molecule has 3 fully saturated rings. The molecule has 2 aliphatic heterocycles. The summed E-state index contributed by atoms with van der Waals surface area (Å²) in [6.07, 6.45) is 7.84. The third kappa shape index (κ3) is 3.11. The third-order valence-corrected chi connectivity index (χ3v) is 5.04. The van der Waals surface area contributed by atoms with Gasteiger partial charge in [0.2, 0.25) is 5.91 Å². The number of hydrogen-bond acceptors (Lipinski definition) is 3. The largest absolute Gasteiger partial charge is 0.339 e. The number of nitrogens with one attached hydrogen (secondary N) is 1. The highest BCUT2D eigenvalue weighted by Crippen LogP contribution is 2.29. The zero-order valence-electron chi connectivity index (χ0n) is 11.9. The fourth-order valence-corrected chi connectivity index (χ4v) is 3.94. The van der Waals surface area contributed by atoms with Gasteiger partial charge in [0.1, 0.15) is 0 Å². The average Bonchev–Trinajstić information content (AvgIpc) is 3.11. The van der Waals surface area contributed by atoms with Crippen LogP contribution < -0.4 is 5.32 Å². The normalized spacial score (nSPS) is 30.1. The number of amides is 1. The van der Waals surface area contributed by atoms with Gasteiger partial charge in [0.05, 0.1) is 6.04 Å². The van der Waals surface area contributed by atoms with Crippen LogP contribution in [0.5, 0.6) is 0 Å². The van der Waals surface area contributed by atoms with Gasteiger partial charge >= 0.3 is 0 Å². The van der Waals surface area contributed by atoms with Crippen LogP contribution in [0.2, 0.25) is 0 Å². The van der Waals surface area contributed by atoms with E-state index in [0.717, 1.165) is 45.1 Å². The molecular weight excluding hydrogens is 238 g/mol. The minimum absolute atomic E-state index is 0.193. The van der Waals surface area contributed by atoms with Crippen molar-refractivity contribution in [2.24, 2.45) is 5.92 Å². The summed E-state index contributed by atoms with van der Waals surface area (Å²) in [4.78, 5) is 17.2. The van der Waals surface area contributed by atoms with Gasteiger partial charge in [0.25, 0.3) is 0 Å². The minimum atomic E-state index is 0.193. The van der Waals surface area contributed by atoms with Gasteiger partial charge in [-0.15, -0.1) is 0 Å². The molecule has 108 valence electrons. The van der Waals surface area contributed by atoms with Crippen molar-refractivity contribution in [3.8, 4) is 0 Å². The number of hydrogen-bond donors (Lipinski definition) is 1.